The van der Waals surface area contributed by atoms with Gasteiger partial charge in [0.2, 0.25) is 10.0 Å². The zero-order valence-corrected chi connectivity index (χ0v) is 19.6. The minimum absolute atomic E-state index is 0. The number of hydrogen-bond donors (Lipinski definition) is 1. The fourth-order valence-electron chi connectivity index (χ4n) is 2.52. The molecule has 0 atom stereocenters. The monoisotopic (exact) mass is 510 g/mol. The van der Waals surface area contributed by atoms with Gasteiger partial charge in [-0.25, -0.2) is 21.1 Å². The summed E-state index contributed by atoms with van der Waals surface area (Å²) in [5.41, 5.74) is 0. The Morgan fingerprint density at radius 2 is 1.96 bits per heavy atom. The van der Waals surface area contributed by atoms with Gasteiger partial charge in [0.15, 0.2) is 15.8 Å². The minimum Gasteiger partial charge on any atom is -0.356 e. The highest BCUT2D eigenvalue weighted by molar-refractivity contribution is 14.0. The number of sulfonamides is 1. The molecule has 0 aromatic heterocycles. The zero-order valence-electron chi connectivity index (χ0n) is 15.6. The maximum atomic E-state index is 12.1. The molecule has 0 aromatic rings. The van der Waals surface area contributed by atoms with Crippen LogP contribution in [0.5, 0.6) is 0 Å². The van der Waals surface area contributed by atoms with Crippen LogP contribution in [0.15, 0.2) is 4.99 Å². The molecule has 0 amide bonds. The van der Waals surface area contributed by atoms with Gasteiger partial charge in [0.25, 0.3) is 0 Å². The smallest absolute Gasteiger partial charge is 0.213 e. The third kappa shape index (κ3) is 6.51. The lowest BCUT2D eigenvalue weighted by atomic mass is 10.2. The molecule has 8 nitrogen and oxygen atoms in total. The van der Waals surface area contributed by atoms with Gasteiger partial charge in [0, 0.05) is 40.3 Å². The van der Waals surface area contributed by atoms with Crippen LogP contribution in [-0.2, 0) is 19.9 Å². The van der Waals surface area contributed by atoms with Crippen LogP contribution >= 0.6 is 24.0 Å². The van der Waals surface area contributed by atoms with Crippen LogP contribution in [0, 0.1) is 0 Å². The van der Waals surface area contributed by atoms with Crippen molar-refractivity contribution in [3.8, 4) is 0 Å². The molecule has 0 spiro atoms. The average Bonchev–Trinajstić information content (AvgIpc) is 2.50. The maximum Gasteiger partial charge on any atom is 0.213 e. The van der Waals surface area contributed by atoms with Gasteiger partial charge in [-0.15, -0.1) is 24.0 Å². The highest BCUT2D eigenvalue weighted by atomic mass is 127. The van der Waals surface area contributed by atoms with Crippen molar-refractivity contribution in [3.05, 3.63) is 0 Å². The Hall–Kier alpha value is -0.140. The number of aliphatic imine (C=N–C) groups is 1. The van der Waals surface area contributed by atoms with Crippen molar-refractivity contribution in [2.24, 2.45) is 4.99 Å². The summed E-state index contributed by atoms with van der Waals surface area (Å²) in [5, 5.41) is 3.19. The van der Waals surface area contributed by atoms with E-state index in [1.807, 2.05) is 4.90 Å². The molecule has 1 heterocycles. The van der Waals surface area contributed by atoms with Crippen molar-refractivity contribution in [3.63, 3.8) is 0 Å². The van der Waals surface area contributed by atoms with Gasteiger partial charge in [-0.05, 0) is 27.2 Å². The molecule has 0 saturated carbocycles. The Balaban J connectivity index is 0.00000576. The molecular weight excluding hydrogens is 479 g/mol. The van der Waals surface area contributed by atoms with Crippen molar-refractivity contribution < 1.29 is 16.8 Å². The molecule has 0 radical (unpaired) electrons. The SMILES string of the molecule is CCS(=O)(=O)N(C)CCCNC(=NC)N1CCS(=O)(=O)C(C)(C)C1.I. The van der Waals surface area contributed by atoms with E-state index in [0.717, 1.165) is 0 Å². The summed E-state index contributed by atoms with van der Waals surface area (Å²) in [6, 6.07) is 0. The van der Waals surface area contributed by atoms with E-state index in [2.05, 4.69) is 10.3 Å². The number of guanidine groups is 1. The summed E-state index contributed by atoms with van der Waals surface area (Å²) in [5.74, 6) is 0.854. The lowest BCUT2D eigenvalue weighted by Crippen LogP contribution is -2.57. The standard InChI is InChI=1S/C14H30N4O4S2.HI/c1-6-24(21,22)17(5)9-7-8-16-13(15-4)18-10-11-23(19,20)14(2,3)12-18;/h6-12H2,1-5H3,(H,15,16);1H. The lowest BCUT2D eigenvalue weighted by molar-refractivity contribution is 0.352. The Morgan fingerprint density at radius 3 is 2.44 bits per heavy atom. The first-order chi connectivity index (χ1) is 11.0. The number of hydrogen-bond acceptors (Lipinski definition) is 5. The number of nitrogens with one attached hydrogen (secondary N) is 1. The van der Waals surface area contributed by atoms with Gasteiger partial charge in [-0.3, -0.25) is 4.99 Å². The molecule has 0 unspecified atom stereocenters. The van der Waals surface area contributed by atoms with Crippen molar-refractivity contribution >= 4 is 49.8 Å². The molecule has 11 heteroatoms. The normalized spacial score (nSPS) is 20.2. The number of halogens is 1. The second-order valence-corrected chi connectivity index (χ2v) is 11.7. The highest BCUT2D eigenvalue weighted by Crippen LogP contribution is 2.23. The van der Waals surface area contributed by atoms with Crippen LogP contribution in [0.2, 0.25) is 0 Å². The van der Waals surface area contributed by atoms with E-state index >= 15 is 0 Å². The summed E-state index contributed by atoms with van der Waals surface area (Å²) in [4.78, 5) is 6.15. The molecule has 1 aliphatic rings. The first-order valence-electron chi connectivity index (χ1n) is 8.09. The van der Waals surface area contributed by atoms with E-state index < -0.39 is 24.6 Å². The maximum absolute atomic E-state index is 12.1. The fourth-order valence-corrected chi connectivity index (χ4v) is 4.73. The van der Waals surface area contributed by atoms with Gasteiger partial charge in [-0.1, -0.05) is 0 Å². The quantitative estimate of drug-likeness (QED) is 0.240. The van der Waals surface area contributed by atoms with Crippen molar-refractivity contribution in [1.29, 1.82) is 0 Å². The molecule has 150 valence electrons. The molecular formula is C14H31IN4O4S2. The molecule has 1 fully saturated rings. The molecule has 1 rings (SSSR count). The molecule has 0 bridgehead atoms. The minimum atomic E-state index is -3.16. The largest absolute Gasteiger partial charge is 0.356 e. The van der Waals surface area contributed by atoms with Crippen LogP contribution in [0.3, 0.4) is 0 Å². The first kappa shape index (κ1) is 24.9. The van der Waals surface area contributed by atoms with Crippen molar-refractivity contribution in [1.82, 2.24) is 14.5 Å². The van der Waals surface area contributed by atoms with Crippen molar-refractivity contribution in [2.75, 3.05) is 51.8 Å². The Morgan fingerprint density at radius 1 is 1.36 bits per heavy atom. The highest BCUT2D eigenvalue weighted by Gasteiger charge is 2.40. The van der Waals surface area contributed by atoms with Crippen LogP contribution in [0.1, 0.15) is 27.2 Å². The summed E-state index contributed by atoms with van der Waals surface area (Å²) in [6.07, 6.45) is 0.643. The Labute approximate surface area is 169 Å². The zero-order chi connectivity index (χ0) is 18.6. The van der Waals surface area contributed by atoms with Gasteiger partial charge in [0.1, 0.15) is 0 Å². The lowest BCUT2D eigenvalue weighted by Gasteiger charge is -2.39. The van der Waals surface area contributed by atoms with E-state index in [-0.39, 0.29) is 35.5 Å². The molecule has 25 heavy (non-hydrogen) atoms. The van der Waals surface area contributed by atoms with E-state index in [4.69, 9.17) is 0 Å². The summed E-state index contributed by atoms with van der Waals surface area (Å²) >= 11 is 0. The topological polar surface area (TPSA) is 99.2 Å². The average molecular weight is 510 g/mol. The van der Waals surface area contributed by atoms with E-state index in [1.54, 1.807) is 34.9 Å². The Bertz CT molecular complexity index is 662. The van der Waals surface area contributed by atoms with Crippen molar-refractivity contribution in [2.45, 2.75) is 31.9 Å². The second-order valence-electron chi connectivity index (χ2n) is 6.55. The molecule has 1 aliphatic heterocycles. The second kappa shape index (κ2) is 9.70. The molecule has 0 aliphatic carbocycles. The summed E-state index contributed by atoms with van der Waals surface area (Å²) in [6.45, 7) is 6.88. The summed E-state index contributed by atoms with van der Waals surface area (Å²) < 4.78 is 48.0. The van der Waals surface area contributed by atoms with Gasteiger partial charge in [-0.2, -0.15) is 0 Å². The third-order valence-corrected chi connectivity index (χ3v) is 8.72. The van der Waals surface area contributed by atoms with Crippen LogP contribution < -0.4 is 5.32 Å². The fraction of sp³-hybridized carbons (Fsp3) is 0.929. The van der Waals surface area contributed by atoms with E-state index in [1.165, 1.54) is 4.31 Å². The van der Waals surface area contributed by atoms with Gasteiger partial charge >= 0.3 is 0 Å². The number of rotatable bonds is 6. The number of sulfone groups is 1. The van der Waals surface area contributed by atoms with Crippen LogP contribution in [-0.4, -0.2) is 88.5 Å². The first-order valence-corrected chi connectivity index (χ1v) is 11.3. The van der Waals surface area contributed by atoms with E-state index in [0.29, 0.717) is 38.6 Å². The summed E-state index contributed by atoms with van der Waals surface area (Å²) in [7, 11) is -3.01. The third-order valence-electron chi connectivity index (χ3n) is 4.33. The molecule has 1 N–H and O–H groups in total. The predicted octanol–water partition coefficient (Wildman–Crippen LogP) is 0.360. The van der Waals surface area contributed by atoms with E-state index in [9.17, 15) is 16.8 Å². The van der Waals surface area contributed by atoms with Crippen LogP contribution in [0.4, 0.5) is 0 Å². The number of nitrogens with zero attached hydrogens (tertiary/aromatic N) is 3. The molecule has 1 saturated heterocycles. The van der Waals surface area contributed by atoms with Gasteiger partial charge in [0.05, 0.1) is 16.3 Å². The Kier molecular flexibility index (Phi) is 9.64. The predicted molar refractivity (Wildman–Crippen MR) is 113 cm³/mol. The van der Waals surface area contributed by atoms with Crippen LogP contribution in [0.25, 0.3) is 0 Å². The molecule has 0 aromatic carbocycles. The van der Waals surface area contributed by atoms with Gasteiger partial charge < -0.3 is 10.2 Å².